The average Bonchev–Trinajstić information content (AvgIpc) is 2.64. The number of carbonyl (C=O) groups excluding carboxylic acids is 2. The van der Waals surface area contributed by atoms with Gasteiger partial charge in [0.15, 0.2) is 5.78 Å². The third-order valence-corrected chi connectivity index (χ3v) is 4.21. The maximum Gasteiger partial charge on any atom is 0.407 e. The van der Waals surface area contributed by atoms with Gasteiger partial charge in [-0.2, -0.15) is 0 Å². The van der Waals surface area contributed by atoms with Crippen LogP contribution in [0.3, 0.4) is 0 Å². The first-order valence-corrected chi connectivity index (χ1v) is 9.85. The Hall–Kier alpha value is -2.10. The SMILES string of the molecule is CCCCCCCCC(CC(=O)/C=C/c1ccccc1)NC(=O)OCC. The lowest BCUT2D eigenvalue weighted by Crippen LogP contribution is -2.36. The molecule has 0 spiro atoms. The molecule has 0 aromatic heterocycles. The van der Waals surface area contributed by atoms with Gasteiger partial charge in [-0.1, -0.05) is 81.9 Å². The van der Waals surface area contributed by atoms with Gasteiger partial charge in [0.05, 0.1) is 6.61 Å². The molecule has 0 radical (unpaired) electrons. The van der Waals surface area contributed by atoms with E-state index in [2.05, 4.69) is 12.2 Å². The normalized spacial score (nSPS) is 12.1. The van der Waals surface area contributed by atoms with Gasteiger partial charge >= 0.3 is 6.09 Å². The van der Waals surface area contributed by atoms with Crippen LogP contribution in [0.4, 0.5) is 4.79 Å². The Bertz CT molecular complexity index is 540. The summed E-state index contributed by atoms with van der Waals surface area (Å²) in [5, 5.41) is 2.83. The zero-order chi connectivity index (χ0) is 19.0. The molecule has 4 heteroatoms. The number of nitrogens with one attached hydrogen (secondary N) is 1. The van der Waals surface area contributed by atoms with Crippen LogP contribution in [0.15, 0.2) is 36.4 Å². The van der Waals surface area contributed by atoms with Gasteiger partial charge in [0, 0.05) is 12.5 Å². The van der Waals surface area contributed by atoms with E-state index in [0.29, 0.717) is 13.0 Å². The quantitative estimate of drug-likeness (QED) is 0.372. The first-order valence-electron chi connectivity index (χ1n) is 9.85. The second kappa shape index (κ2) is 14.1. The molecule has 1 aromatic carbocycles. The third-order valence-electron chi connectivity index (χ3n) is 4.21. The predicted octanol–water partition coefficient (Wildman–Crippen LogP) is 5.52. The van der Waals surface area contributed by atoms with Crippen molar-refractivity contribution >= 4 is 18.0 Å². The topological polar surface area (TPSA) is 55.4 Å². The fourth-order valence-electron chi connectivity index (χ4n) is 2.80. The van der Waals surface area contributed by atoms with Gasteiger partial charge in [0.2, 0.25) is 0 Å². The molecule has 4 nitrogen and oxygen atoms in total. The van der Waals surface area contributed by atoms with E-state index >= 15 is 0 Å². The van der Waals surface area contributed by atoms with Crippen molar-refractivity contribution in [3.63, 3.8) is 0 Å². The Morgan fingerprint density at radius 1 is 1.04 bits per heavy atom. The van der Waals surface area contributed by atoms with Crippen molar-refractivity contribution in [1.82, 2.24) is 5.32 Å². The summed E-state index contributed by atoms with van der Waals surface area (Å²) in [4.78, 5) is 24.0. The lowest BCUT2D eigenvalue weighted by atomic mass is 10.0. The predicted molar refractivity (Wildman–Crippen MR) is 107 cm³/mol. The molecule has 1 aromatic rings. The molecule has 0 aliphatic rings. The molecule has 1 N–H and O–H groups in total. The number of benzene rings is 1. The zero-order valence-electron chi connectivity index (χ0n) is 16.2. The van der Waals surface area contributed by atoms with Gasteiger partial charge in [0.1, 0.15) is 0 Å². The summed E-state index contributed by atoms with van der Waals surface area (Å²) in [5.74, 6) is 0.0154. The molecule has 0 bridgehead atoms. The highest BCUT2D eigenvalue weighted by Gasteiger charge is 2.15. The fraction of sp³-hybridized carbons (Fsp3) is 0.545. The second-order valence-corrected chi connectivity index (χ2v) is 6.53. The Morgan fingerprint density at radius 3 is 2.42 bits per heavy atom. The first kappa shape index (κ1) is 21.9. The van der Waals surface area contributed by atoms with E-state index in [0.717, 1.165) is 24.8 Å². The maximum atomic E-state index is 12.3. The van der Waals surface area contributed by atoms with E-state index in [1.807, 2.05) is 36.4 Å². The van der Waals surface area contributed by atoms with Gasteiger partial charge in [0.25, 0.3) is 0 Å². The van der Waals surface area contributed by atoms with Gasteiger partial charge < -0.3 is 10.1 Å². The number of ether oxygens (including phenoxy) is 1. The van der Waals surface area contributed by atoms with E-state index in [-0.39, 0.29) is 11.8 Å². The van der Waals surface area contributed by atoms with Crippen LogP contribution in [0.2, 0.25) is 0 Å². The Labute approximate surface area is 158 Å². The lowest BCUT2D eigenvalue weighted by molar-refractivity contribution is -0.115. The molecule has 1 unspecified atom stereocenters. The molecule has 1 amide bonds. The minimum atomic E-state index is -0.441. The molecular formula is C22H33NO3. The Balaban J connectivity index is 2.47. The van der Waals surface area contributed by atoms with Crippen LogP contribution < -0.4 is 5.32 Å². The van der Waals surface area contributed by atoms with Crippen molar-refractivity contribution in [3.05, 3.63) is 42.0 Å². The second-order valence-electron chi connectivity index (χ2n) is 6.53. The average molecular weight is 360 g/mol. The number of ketones is 1. The molecule has 0 saturated carbocycles. The molecule has 1 atom stereocenters. The van der Waals surface area contributed by atoms with Gasteiger partial charge in [-0.15, -0.1) is 0 Å². The number of amides is 1. The van der Waals surface area contributed by atoms with E-state index in [1.165, 1.54) is 25.7 Å². The van der Waals surface area contributed by atoms with Crippen molar-refractivity contribution in [2.75, 3.05) is 6.61 Å². The van der Waals surface area contributed by atoms with Crippen molar-refractivity contribution < 1.29 is 14.3 Å². The molecule has 0 aliphatic heterocycles. The largest absolute Gasteiger partial charge is 0.450 e. The van der Waals surface area contributed by atoms with E-state index in [1.54, 1.807) is 13.0 Å². The summed E-state index contributed by atoms with van der Waals surface area (Å²) in [7, 11) is 0. The molecular weight excluding hydrogens is 326 g/mol. The number of allylic oxidation sites excluding steroid dienone is 1. The van der Waals surface area contributed by atoms with Crippen molar-refractivity contribution in [3.8, 4) is 0 Å². The molecule has 0 heterocycles. The first-order chi connectivity index (χ1) is 12.7. The number of hydrogen-bond donors (Lipinski definition) is 1. The van der Waals surface area contributed by atoms with Crippen LogP contribution >= 0.6 is 0 Å². The molecule has 0 saturated heterocycles. The Kier molecular flexibility index (Phi) is 11.9. The van der Waals surface area contributed by atoms with Crippen LogP contribution in [0, 0.1) is 0 Å². The summed E-state index contributed by atoms with van der Waals surface area (Å²) in [6.45, 7) is 4.31. The molecule has 0 fully saturated rings. The van der Waals surface area contributed by atoms with Gasteiger partial charge in [-0.25, -0.2) is 4.79 Å². The highest BCUT2D eigenvalue weighted by atomic mass is 16.5. The number of alkyl carbamates (subject to hydrolysis) is 1. The molecule has 1 rings (SSSR count). The minimum Gasteiger partial charge on any atom is -0.450 e. The van der Waals surface area contributed by atoms with Crippen molar-refractivity contribution in [1.29, 1.82) is 0 Å². The number of rotatable bonds is 13. The summed E-state index contributed by atoms with van der Waals surface area (Å²) in [6.07, 6.45) is 11.2. The van der Waals surface area contributed by atoms with Crippen LogP contribution in [-0.4, -0.2) is 24.5 Å². The van der Waals surface area contributed by atoms with Crippen LogP contribution in [0.1, 0.15) is 70.8 Å². The standard InChI is InChI=1S/C22H33NO3/c1-3-5-6-7-8-12-15-20(23-22(25)26-4-2)18-21(24)17-16-19-13-10-9-11-14-19/h9-11,13-14,16-17,20H,3-8,12,15,18H2,1-2H3,(H,23,25)/b17-16+. The van der Waals surface area contributed by atoms with Crippen molar-refractivity contribution in [2.45, 2.75) is 71.3 Å². The van der Waals surface area contributed by atoms with Crippen LogP contribution in [0.5, 0.6) is 0 Å². The number of carbonyl (C=O) groups is 2. The van der Waals surface area contributed by atoms with E-state index in [4.69, 9.17) is 4.74 Å². The van der Waals surface area contributed by atoms with Crippen LogP contribution in [0.25, 0.3) is 6.08 Å². The zero-order valence-corrected chi connectivity index (χ0v) is 16.2. The fourth-order valence-corrected chi connectivity index (χ4v) is 2.80. The third kappa shape index (κ3) is 10.7. The summed E-state index contributed by atoms with van der Waals surface area (Å²) < 4.78 is 4.96. The van der Waals surface area contributed by atoms with Gasteiger partial charge in [-0.05, 0) is 25.0 Å². The Morgan fingerprint density at radius 2 is 1.73 bits per heavy atom. The highest BCUT2D eigenvalue weighted by molar-refractivity contribution is 5.94. The summed E-state index contributed by atoms with van der Waals surface area (Å²) in [5.41, 5.74) is 0.992. The summed E-state index contributed by atoms with van der Waals surface area (Å²) >= 11 is 0. The van der Waals surface area contributed by atoms with E-state index in [9.17, 15) is 9.59 Å². The monoisotopic (exact) mass is 359 g/mol. The lowest BCUT2D eigenvalue weighted by Gasteiger charge is -2.17. The maximum absolute atomic E-state index is 12.3. The molecule has 144 valence electrons. The summed E-state index contributed by atoms with van der Waals surface area (Å²) in [6, 6.07) is 9.55. The number of hydrogen-bond acceptors (Lipinski definition) is 3. The van der Waals surface area contributed by atoms with E-state index < -0.39 is 6.09 Å². The minimum absolute atomic E-state index is 0.0154. The number of unbranched alkanes of at least 4 members (excludes halogenated alkanes) is 5. The van der Waals surface area contributed by atoms with Crippen molar-refractivity contribution in [2.24, 2.45) is 0 Å². The highest BCUT2D eigenvalue weighted by Crippen LogP contribution is 2.12. The molecule has 26 heavy (non-hydrogen) atoms. The van der Waals surface area contributed by atoms with Gasteiger partial charge in [-0.3, -0.25) is 4.79 Å². The molecule has 0 aliphatic carbocycles. The van der Waals surface area contributed by atoms with Crippen LogP contribution in [-0.2, 0) is 9.53 Å². The smallest absolute Gasteiger partial charge is 0.407 e.